The van der Waals surface area contributed by atoms with Crippen LogP contribution < -0.4 is 0 Å². The van der Waals surface area contributed by atoms with Crippen LogP contribution in [-0.2, 0) is 11.9 Å². The van der Waals surface area contributed by atoms with Gasteiger partial charge in [0.15, 0.2) is 0 Å². The minimum absolute atomic E-state index is 0.538. The zero-order chi connectivity index (χ0) is 15.0. The summed E-state index contributed by atoms with van der Waals surface area (Å²) in [6.45, 7) is 0. The molecule has 0 N–H and O–H groups in total. The van der Waals surface area contributed by atoms with Crippen molar-refractivity contribution in [2.24, 2.45) is 4.99 Å². The minimum atomic E-state index is -4.31. The standard InChI is InChI=1S/C15H11ClF3NS/c16-12-4-5-13-14(7-12)21(9-20-13)8-10-2-1-3-11(6-10)15(17,18)19/h1-7,9,21H,8H2. The van der Waals surface area contributed by atoms with Crippen molar-refractivity contribution in [3.63, 3.8) is 0 Å². The number of benzene rings is 2. The number of fused-ring (bicyclic) bond motifs is 1. The van der Waals surface area contributed by atoms with E-state index >= 15 is 0 Å². The number of nitrogens with zero attached hydrogens (tertiary/aromatic N) is 1. The van der Waals surface area contributed by atoms with Crippen LogP contribution in [-0.4, -0.2) is 5.55 Å². The summed E-state index contributed by atoms with van der Waals surface area (Å²) >= 11 is 5.98. The van der Waals surface area contributed by atoms with Crippen LogP contribution >= 0.6 is 22.5 Å². The first-order valence-corrected chi connectivity index (χ1v) is 8.17. The maximum Gasteiger partial charge on any atom is 0.416 e. The predicted molar refractivity (Wildman–Crippen MR) is 82.0 cm³/mol. The summed E-state index contributed by atoms with van der Waals surface area (Å²) in [6, 6.07) is 10.9. The summed E-state index contributed by atoms with van der Waals surface area (Å²) in [5, 5.41) is 0.621. The number of thiol groups is 1. The third kappa shape index (κ3) is 3.09. The molecule has 1 aliphatic heterocycles. The van der Waals surface area contributed by atoms with Crippen LogP contribution in [0.2, 0.25) is 5.02 Å². The zero-order valence-electron chi connectivity index (χ0n) is 10.7. The van der Waals surface area contributed by atoms with Gasteiger partial charge in [-0.25, -0.2) is 0 Å². The molecule has 110 valence electrons. The zero-order valence-corrected chi connectivity index (χ0v) is 12.4. The smallest absolute Gasteiger partial charge is 0.250 e. The SMILES string of the molecule is FC(F)(F)c1cccc(C[SH]2C=Nc3ccc(Cl)cc32)c1. The summed E-state index contributed by atoms with van der Waals surface area (Å²) in [7, 11) is -0.745. The summed E-state index contributed by atoms with van der Waals surface area (Å²) in [6.07, 6.45) is -4.31. The molecule has 0 spiro atoms. The second-order valence-corrected chi connectivity index (χ2v) is 7.11. The van der Waals surface area contributed by atoms with Gasteiger partial charge in [0.05, 0.1) is 11.3 Å². The highest BCUT2D eigenvalue weighted by molar-refractivity contribution is 8.28. The Labute approximate surface area is 127 Å². The predicted octanol–water partition coefficient (Wildman–Crippen LogP) is 5.59. The fourth-order valence-corrected chi connectivity index (χ4v) is 4.41. The first-order valence-electron chi connectivity index (χ1n) is 6.20. The fourth-order valence-electron chi connectivity index (χ4n) is 2.20. The lowest BCUT2D eigenvalue weighted by Gasteiger charge is -2.15. The molecule has 1 atom stereocenters. The number of rotatable bonds is 2. The minimum Gasteiger partial charge on any atom is -0.250 e. The lowest BCUT2D eigenvalue weighted by Crippen LogP contribution is -2.05. The van der Waals surface area contributed by atoms with Gasteiger partial charge in [-0.15, -0.1) is 0 Å². The van der Waals surface area contributed by atoms with Gasteiger partial charge >= 0.3 is 6.18 Å². The maximum atomic E-state index is 12.7. The third-order valence-corrected chi connectivity index (χ3v) is 5.50. The topological polar surface area (TPSA) is 12.4 Å². The first-order chi connectivity index (χ1) is 9.93. The Balaban J connectivity index is 1.87. The van der Waals surface area contributed by atoms with E-state index in [9.17, 15) is 13.2 Å². The van der Waals surface area contributed by atoms with Crippen molar-refractivity contribution in [3.05, 3.63) is 58.6 Å². The molecule has 21 heavy (non-hydrogen) atoms. The number of alkyl halides is 3. The van der Waals surface area contributed by atoms with Crippen LogP contribution in [0.15, 0.2) is 52.4 Å². The summed E-state index contributed by atoms with van der Waals surface area (Å²) < 4.78 is 38.2. The van der Waals surface area contributed by atoms with E-state index in [4.69, 9.17) is 11.6 Å². The number of hydrogen-bond donors (Lipinski definition) is 1. The van der Waals surface area contributed by atoms with Crippen molar-refractivity contribution >= 4 is 33.7 Å². The van der Waals surface area contributed by atoms with Crippen molar-refractivity contribution in [2.45, 2.75) is 16.8 Å². The Kier molecular flexibility index (Phi) is 3.71. The van der Waals surface area contributed by atoms with E-state index in [1.807, 2.05) is 17.7 Å². The molecule has 0 aromatic heterocycles. The van der Waals surface area contributed by atoms with E-state index in [0.29, 0.717) is 16.3 Å². The molecule has 1 heterocycles. The molecule has 1 aliphatic rings. The van der Waals surface area contributed by atoms with Gasteiger partial charge in [0.1, 0.15) is 0 Å². The molecular weight excluding hydrogens is 319 g/mol. The molecule has 2 aromatic rings. The first kappa shape index (κ1) is 14.5. The van der Waals surface area contributed by atoms with Crippen LogP contribution in [0.3, 0.4) is 0 Å². The summed E-state index contributed by atoms with van der Waals surface area (Å²) in [4.78, 5) is 5.34. The molecule has 0 fully saturated rings. The molecule has 3 rings (SSSR count). The molecule has 0 bridgehead atoms. The van der Waals surface area contributed by atoms with Gasteiger partial charge < -0.3 is 0 Å². The van der Waals surface area contributed by atoms with Crippen molar-refractivity contribution in [1.29, 1.82) is 0 Å². The van der Waals surface area contributed by atoms with E-state index < -0.39 is 22.6 Å². The van der Waals surface area contributed by atoms with Crippen molar-refractivity contribution in [3.8, 4) is 0 Å². The lowest BCUT2D eigenvalue weighted by atomic mass is 10.1. The third-order valence-electron chi connectivity index (χ3n) is 3.19. The molecular formula is C15H11ClF3NS. The molecule has 0 saturated carbocycles. The molecule has 1 unspecified atom stereocenters. The summed E-state index contributed by atoms with van der Waals surface area (Å²) in [5.41, 5.74) is 2.74. The van der Waals surface area contributed by atoms with Gasteiger partial charge in [0, 0.05) is 21.2 Å². The Hall–Kier alpha value is -1.46. The molecule has 0 amide bonds. The van der Waals surface area contributed by atoms with Gasteiger partial charge in [-0.1, -0.05) is 29.8 Å². The molecule has 1 nitrogen and oxygen atoms in total. The van der Waals surface area contributed by atoms with Crippen molar-refractivity contribution < 1.29 is 13.2 Å². The molecule has 0 saturated heterocycles. The highest BCUT2D eigenvalue weighted by atomic mass is 35.5. The Morgan fingerprint density at radius 2 is 1.90 bits per heavy atom. The normalized spacial score (nSPS) is 18.8. The molecule has 0 radical (unpaired) electrons. The Morgan fingerprint density at radius 1 is 1.10 bits per heavy atom. The Bertz CT molecular complexity index is 712. The van der Waals surface area contributed by atoms with Gasteiger partial charge in [-0.3, -0.25) is 4.99 Å². The largest absolute Gasteiger partial charge is 0.416 e. The average Bonchev–Trinajstić information content (AvgIpc) is 2.81. The number of aliphatic imine (C=N–C) groups is 1. The van der Waals surface area contributed by atoms with E-state index in [0.717, 1.165) is 16.6 Å². The van der Waals surface area contributed by atoms with E-state index in [1.165, 1.54) is 12.1 Å². The van der Waals surface area contributed by atoms with E-state index in [2.05, 4.69) is 4.99 Å². The van der Waals surface area contributed by atoms with Crippen LogP contribution in [0.5, 0.6) is 0 Å². The number of halogens is 4. The second kappa shape index (κ2) is 5.39. The lowest BCUT2D eigenvalue weighted by molar-refractivity contribution is -0.137. The maximum absolute atomic E-state index is 12.7. The van der Waals surface area contributed by atoms with Gasteiger partial charge in [-0.05, 0) is 29.8 Å². The second-order valence-electron chi connectivity index (χ2n) is 4.70. The highest BCUT2D eigenvalue weighted by Crippen LogP contribution is 2.49. The Morgan fingerprint density at radius 3 is 2.67 bits per heavy atom. The van der Waals surface area contributed by atoms with Crippen LogP contribution in [0.25, 0.3) is 0 Å². The quantitative estimate of drug-likeness (QED) is 0.689. The van der Waals surface area contributed by atoms with Gasteiger partial charge in [0.2, 0.25) is 0 Å². The molecule has 0 aliphatic carbocycles. The van der Waals surface area contributed by atoms with Crippen LogP contribution in [0, 0.1) is 0 Å². The van der Waals surface area contributed by atoms with Crippen molar-refractivity contribution in [1.82, 2.24) is 0 Å². The number of hydrogen-bond acceptors (Lipinski definition) is 1. The molecule has 2 aromatic carbocycles. The van der Waals surface area contributed by atoms with Crippen molar-refractivity contribution in [2.75, 3.05) is 0 Å². The average molecular weight is 330 g/mol. The van der Waals surface area contributed by atoms with E-state index in [-0.39, 0.29) is 0 Å². The van der Waals surface area contributed by atoms with E-state index in [1.54, 1.807) is 12.1 Å². The summed E-state index contributed by atoms with van der Waals surface area (Å²) in [5.74, 6) is 0.538. The fraction of sp³-hybridized carbons (Fsp3) is 0.133. The molecule has 6 heteroatoms. The van der Waals surface area contributed by atoms with Gasteiger partial charge in [-0.2, -0.15) is 24.1 Å². The monoisotopic (exact) mass is 329 g/mol. The van der Waals surface area contributed by atoms with Gasteiger partial charge in [0.25, 0.3) is 0 Å². The van der Waals surface area contributed by atoms with Crippen LogP contribution in [0.1, 0.15) is 11.1 Å². The highest BCUT2D eigenvalue weighted by Gasteiger charge is 2.30. The van der Waals surface area contributed by atoms with Crippen LogP contribution in [0.4, 0.5) is 18.9 Å².